The van der Waals surface area contributed by atoms with Gasteiger partial charge in [0.05, 0.1) is 21.6 Å². The molecule has 1 unspecified atom stereocenters. The van der Waals surface area contributed by atoms with E-state index in [1.54, 1.807) is 0 Å². The number of nitrogens with two attached hydrogens (primary N) is 1. The van der Waals surface area contributed by atoms with E-state index in [1.807, 2.05) is 0 Å². The van der Waals surface area contributed by atoms with E-state index in [2.05, 4.69) is 0 Å². The van der Waals surface area contributed by atoms with Crippen molar-refractivity contribution >= 4 is 39.0 Å². The second-order valence-corrected chi connectivity index (χ2v) is 6.04. The Balaban J connectivity index is 2.48. The lowest BCUT2D eigenvalue weighted by molar-refractivity contribution is -0.117. The normalized spacial score (nSPS) is 20.4. The molecule has 18 heavy (non-hydrogen) atoms. The summed E-state index contributed by atoms with van der Waals surface area (Å²) < 4.78 is 31.1. The Kier molecular flexibility index (Phi) is 3.22. The summed E-state index contributed by atoms with van der Waals surface area (Å²) in [5.74, 6) is -0.228. The van der Waals surface area contributed by atoms with Gasteiger partial charge in [-0.2, -0.15) is 8.42 Å². The van der Waals surface area contributed by atoms with Gasteiger partial charge < -0.3 is 10.6 Å². The van der Waals surface area contributed by atoms with Gasteiger partial charge >= 0.3 is 0 Å². The van der Waals surface area contributed by atoms with Gasteiger partial charge in [0.2, 0.25) is 5.91 Å². The van der Waals surface area contributed by atoms with Crippen LogP contribution in [0.5, 0.6) is 0 Å². The minimum absolute atomic E-state index is 0.178. The molecule has 1 atom stereocenters. The number of alkyl halides is 1. The van der Waals surface area contributed by atoms with E-state index in [0.29, 0.717) is 0 Å². The molecule has 0 bridgehead atoms. The Morgan fingerprint density at radius 3 is 2.61 bits per heavy atom. The Labute approximate surface area is 109 Å². The monoisotopic (exact) mass is 290 g/mol. The Hall–Kier alpha value is -1.31. The zero-order valence-electron chi connectivity index (χ0n) is 9.21. The van der Waals surface area contributed by atoms with Crippen molar-refractivity contribution in [3.05, 3.63) is 18.2 Å². The molecule has 1 aliphatic heterocycles. The number of anilines is 2. The first-order valence-corrected chi connectivity index (χ1v) is 6.98. The van der Waals surface area contributed by atoms with E-state index in [-0.39, 0.29) is 40.5 Å². The van der Waals surface area contributed by atoms with Crippen molar-refractivity contribution in [1.82, 2.24) is 0 Å². The third kappa shape index (κ3) is 2.43. The number of carbonyl (C=O) groups excluding carboxylic acids is 1. The molecule has 3 N–H and O–H groups in total. The maximum Gasteiger partial charge on any atom is 0.294 e. The van der Waals surface area contributed by atoms with Crippen LogP contribution >= 0.6 is 11.6 Å². The Bertz CT molecular complexity index is 602. The van der Waals surface area contributed by atoms with E-state index in [9.17, 15) is 13.2 Å². The molecule has 8 heteroatoms. The second-order valence-electron chi connectivity index (χ2n) is 4.00. The highest BCUT2D eigenvalue weighted by Gasteiger charge is 2.30. The minimum atomic E-state index is -4.33. The maximum atomic E-state index is 11.7. The van der Waals surface area contributed by atoms with Crippen LogP contribution in [-0.4, -0.2) is 30.8 Å². The molecule has 0 aromatic heterocycles. The first kappa shape index (κ1) is 13.1. The molecule has 1 aliphatic rings. The highest BCUT2D eigenvalue weighted by molar-refractivity contribution is 7.85. The molecule has 0 radical (unpaired) electrons. The number of hydrogen-bond donors (Lipinski definition) is 2. The fraction of sp³-hybridized carbons (Fsp3) is 0.300. The average molecular weight is 291 g/mol. The van der Waals surface area contributed by atoms with E-state index in [0.717, 1.165) is 6.07 Å². The van der Waals surface area contributed by atoms with Crippen LogP contribution in [0.4, 0.5) is 11.4 Å². The van der Waals surface area contributed by atoms with Gasteiger partial charge in [0.15, 0.2) is 0 Å². The number of nitrogens with zero attached hydrogens (tertiary/aromatic N) is 1. The van der Waals surface area contributed by atoms with Crippen LogP contribution in [0.3, 0.4) is 0 Å². The van der Waals surface area contributed by atoms with Crippen LogP contribution in [0, 0.1) is 0 Å². The van der Waals surface area contributed by atoms with E-state index >= 15 is 0 Å². The standard InChI is InChI=1S/C10H11ClN2O4S/c11-6-3-10(14)13(5-6)9-4-7(18(15,16)17)1-2-8(9)12/h1-2,4,6H,3,5,12H2,(H,15,16,17). The SMILES string of the molecule is Nc1ccc(S(=O)(=O)O)cc1N1CC(Cl)CC1=O. The van der Waals surface area contributed by atoms with Gasteiger partial charge in [-0.25, -0.2) is 0 Å². The molecule has 0 spiro atoms. The molecule has 2 rings (SSSR count). The van der Waals surface area contributed by atoms with E-state index < -0.39 is 10.1 Å². The number of halogens is 1. The van der Waals surface area contributed by atoms with Gasteiger partial charge in [-0.1, -0.05) is 0 Å². The minimum Gasteiger partial charge on any atom is -0.397 e. The van der Waals surface area contributed by atoms with Crippen molar-refractivity contribution in [3.8, 4) is 0 Å². The molecule has 1 heterocycles. The van der Waals surface area contributed by atoms with Crippen molar-refractivity contribution < 1.29 is 17.8 Å². The molecule has 6 nitrogen and oxygen atoms in total. The van der Waals surface area contributed by atoms with E-state index in [4.69, 9.17) is 21.9 Å². The molecule has 0 aliphatic carbocycles. The number of hydrogen-bond acceptors (Lipinski definition) is 4. The predicted molar refractivity (Wildman–Crippen MR) is 67.3 cm³/mol. The fourth-order valence-corrected chi connectivity index (χ4v) is 2.59. The van der Waals surface area contributed by atoms with Crippen LogP contribution in [0.25, 0.3) is 0 Å². The summed E-state index contributed by atoms with van der Waals surface area (Å²) in [6.07, 6.45) is 0.178. The van der Waals surface area contributed by atoms with Crippen LogP contribution < -0.4 is 10.6 Å². The van der Waals surface area contributed by atoms with Crippen molar-refractivity contribution in [1.29, 1.82) is 0 Å². The van der Waals surface area contributed by atoms with Crippen molar-refractivity contribution in [2.75, 3.05) is 17.2 Å². The number of benzene rings is 1. The summed E-state index contributed by atoms with van der Waals surface area (Å²) in [6.45, 7) is 0.263. The molecule has 1 aromatic carbocycles. The van der Waals surface area contributed by atoms with Gasteiger partial charge in [0.25, 0.3) is 10.1 Å². The number of amides is 1. The largest absolute Gasteiger partial charge is 0.397 e. The molecule has 1 saturated heterocycles. The lowest BCUT2D eigenvalue weighted by Crippen LogP contribution is -2.25. The lowest BCUT2D eigenvalue weighted by atomic mass is 10.2. The maximum absolute atomic E-state index is 11.7. The first-order valence-electron chi connectivity index (χ1n) is 5.10. The van der Waals surface area contributed by atoms with Gasteiger partial charge in [0.1, 0.15) is 0 Å². The Morgan fingerprint density at radius 2 is 2.11 bits per heavy atom. The molecule has 1 fully saturated rings. The topological polar surface area (TPSA) is 101 Å². The first-order chi connectivity index (χ1) is 8.29. The quantitative estimate of drug-likeness (QED) is 0.478. The highest BCUT2D eigenvalue weighted by atomic mass is 35.5. The number of nitrogen functional groups attached to an aromatic ring is 1. The summed E-state index contributed by atoms with van der Waals surface area (Å²) in [5, 5.41) is -0.328. The van der Waals surface area contributed by atoms with Gasteiger partial charge in [-0.05, 0) is 18.2 Å². The summed E-state index contributed by atoms with van der Waals surface area (Å²) in [5.41, 5.74) is 6.21. The average Bonchev–Trinajstić information content (AvgIpc) is 2.56. The molecule has 98 valence electrons. The molecule has 1 aromatic rings. The number of carbonyl (C=O) groups is 1. The summed E-state index contributed by atoms with van der Waals surface area (Å²) >= 11 is 5.86. The van der Waals surface area contributed by atoms with Gasteiger partial charge in [0, 0.05) is 13.0 Å². The van der Waals surface area contributed by atoms with Crippen LogP contribution in [-0.2, 0) is 14.9 Å². The third-order valence-corrected chi connectivity index (χ3v) is 3.81. The zero-order valence-corrected chi connectivity index (χ0v) is 10.8. The lowest BCUT2D eigenvalue weighted by Gasteiger charge is -2.18. The van der Waals surface area contributed by atoms with E-state index in [1.165, 1.54) is 17.0 Å². The summed E-state index contributed by atoms with van der Waals surface area (Å²) in [6, 6.07) is 3.66. The number of rotatable bonds is 2. The molecular formula is C10H11ClN2O4S. The predicted octanol–water partition coefficient (Wildman–Crippen LogP) is 0.860. The van der Waals surface area contributed by atoms with Crippen LogP contribution in [0.2, 0.25) is 0 Å². The zero-order chi connectivity index (χ0) is 13.5. The summed E-state index contributed by atoms with van der Waals surface area (Å²) in [7, 11) is -4.33. The smallest absolute Gasteiger partial charge is 0.294 e. The Morgan fingerprint density at radius 1 is 1.44 bits per heavy atom. The second kappa shape index (κ2) is 4.42. The van der Waals surface area contributed by atoms with Gasteiger partial charge in [-0.15, -0.1) is 11.6 Å². The van der Waals surface area contributed by atoms with Crippen molar-refractivity contribution in [2.24, 2.45) is 0 Å². The van der Waals surface area contributed by atoms with Crippen LogP contribution in [0.15, 0.2) is 23.1 Å². The molecule has 1 amide bonds. The van der Waals surface area contributed by atoms with Crippen molar-refractivity contribution in [3.63, 3.8) is 0 Å². The van der Waals surface area contributed by atoms with Crippen LogP contribution in [0.1, 0.15) is 6.42 Å². The summed E-state index contributed by atoms with van der Waals surface area (Å²) in [4.78, 5) is 12.7. The van der Waals surface area contributed by atoms with Gasteiger partial charge in [-0.3, -0.25) is 9.35 Å². The molecular weight excluding hydrogens is 280 g/mol. The fourth-order valence-electron chi connectivity index (χ4n) is 1.81. The van der Waals surface area contributed by atoms with Crippen molar-refractivity contribution in [2.45, 2.75) is 16.7 Å². The molecule has 0 saturated carbocycles. The third-order valence-electron chi connectivity index (χ3n) is 2.67. The highest BCUT2D eigenvalue weighted by Crippen LogP contribution is 2.31.